The monoisotopic (exact) mass is 680 g/mol. The number of halogens is 1. The highest BCUT2D eigenvalue weighted by Gasteiger charge is 2.17. The van der Waals surface area contributed by atoms with Crippen LogP contribution < -0.4 is 20.1 Å². The largest absolute Gasteiger partial charge is 0.497 e. The number of aryl methyl sites for hydroxylation is 1. The summed E-state index contributed by atoms with van der Waals surface area (Å²) in [4.78, 5) is 18.5. The van der Waals surface area contributed by atoms with Gasteiger partial charge < -0.3 is 20.1 Å². The first-order valence-corrected chi connectivity index (χ1v) is 17.1. The number of nitrogens with one attached hydrogen (secondary N) is 2. The molecule has 248 valence electrons. The summed E-state index contributed by atoms with van der Waals surface area (Å²) in [6, 6.07) is 32.3. The molecule has 0 amide bonds. The van der Waals surface area contributed by atoms with Crippen LogP contribution in [0, 0.1) is 6.92 Å². The van der Waals surface area contributed by atoms with Gasteiger partial charge in [-0.25, -0.2) is 19.9 Å². The molecule has 0 saturated heterocycles. The molecule has 0 aliphatic rings. The molecular weight excluding hydrogens is 640 g/mol. The fourth-order valence-electron chi connectivity index (χ4n) is 4.92. The quantitative estimate of drug-likeness (QED) is 0.102. The van der Waals surface area contributed by atoms with Crippen LogP contribution in [0.3, 0.4) is 0 Å². The van der Waals surface area contributed by atoms with E-state index in [2.05, 4.69) is 83.4 Å². The molecular formula is C38H41ClN6O2S. The number of hydrogen-bond donors (Lipinski definition) is 2. The van der Waals surface area contributed by atoms with Crippen LogP contribution in [0.15, 0.2) is 108 Å². The van der Waals surface area contributed by atoms with Gasteiger partial charge in [0.05, 0.1) is 24.2 Å². The number of aromatic nitrogens is 4. The minimum absolute atomic E-state index is 0.00512. The minimum Gasteiger partial charge on any atom is -0.497 e. The Kier molecular flexibility index (Phi) is 11.9. The van der Waals surface area contributed by atoms with E-state index < -0.39 is 0 Å². The number of hydrogen-bond acceptors (Lipinski definition) is 9. The molecule has 4 atom stereocenters. The van der Waals surface area contributed by atoms with Crippen molar-refractivity contribution >= 4 is 56.8 Å². The van der Waals surface area contributed by atoms with E-state index in [1.54, 1.807) is 25.2 Å². The first kappa shape index (κ1) is 34.7. The molecule has 2 N–H and O–H groups in total. The molecule has 0 spiro atoms. The highest BCUT2D eigenvalue weighted by Crippen LogP contribution is 2.30. The number of anilines is 2. The van der Waals surface area contributed by atoms with Crippen LogP contribution in [0.2, 0.25) is 5.28 Å². The molecule has 0 radical (unpaired) electrons. The summed E-state index contributed by atoms with van der Waals surface area (Å²) in [5.41, 5.74) is 2.97. The van der Waals surface area contributed by atoms with Crippen LogP contribution in [0.1, 0.15) is 33.3 Å². The van der Waals surface area contributed by atoms with Crippen molar-refractivity contribution in [3.63, 3.8) is 0 Å². The second kappa shape index (κ2) is 16.5. The summed E-state index contributed by atoms with van der Waals surface area (Å²) in [5, 5.41) is 9.51. The Morgan fingerprint density at radius 2 is 1.35 bits per heavy atom. The fraction of sp³-hybridized carbons (Fsp3) is 0.263. The second-order valence-corrected chi connectivity index (χ2v) is 13.4. The van der Waals surface area contributed by atoms with Crippen LogP contribution in [0.5, 0.6) is 11.5 Å². The van der Waals surface area contributed by atoms with E-state index in [0.29, 0.717) is 5.25 Å². The molecule has 0 aliphatic heterocycles. The summed E-state index contributed by atoms with van der Waals surface area (Å²) in [6.45, 7) is 10.6. The number of para-hydroxylation sites is 2. The molecule has 0 aliphatic carbocycles. The molecule has 0 fully saturated rings. The molecule has 6 aromatic rings. The van der Waals surface area contributed by atoms with Gasteiger partial charge in [0.1, 0.15) is 35.6 Å². The molecule has 48 heavy (non-hydrogen) atoms. The van der Waals surface area contributed by atoms with Gasteiger partial charge in [0, 0.05) is 27.0 Å². The van der Waals surface area contributed by atoms with E-state index in [4.69, 9.17) is 21.1 Å². The first-order valence-electron chi connectivity index (χ1n) is 15.9. The van der Waals surface area contributed by atoms with Crippen LogP contribution in [0.25, 0.3) is 21.8 Å². The Morgan fingerprint density at radius 1 is 0.688 bits per heavy atom. The molecule has 8 nitrogen and oxygen atoms in total. The van der Waals surface area contributed by atoms with Gasteiger partial charge in [0.2, 0.25) is 5.28 Å². The Bertz CT molecular complexity index is 1940. The summed E-state index contributed by atoms with van der Waals surface area (Å²) in [5.74, 6) is 3.36. The van der Waals surface area contributed by atoms with Gasteiger partial charge in [0.15, 0.2) is 0 Å². The lowest BCUT2D eigenvalue weighted by Crippen LogP contribution is -2.33. The van der Waals surface area contributed by atoms with Crippen molar-refractivity contribution in [2.75, 3.05) is 17.7 Å². The Labute approximate surface area is 291 Å². The normalized spacial score (nSPS) is 13.5. The van der Waals surface area contributed by atoms with Gasteiger partial charge in [-0.15, -0.1) is 11.8 Å². The summed E-state index contributed by atoms with van der Waals surface area (Å²) in [7, 11) is 1.67. The van der Waals surface area contributed by atoms with Crippen LogP contribution in [-0.2, 0) is 0 Å². The average molecular weight is 681 g/mol. The molecule has 4 aromatic carbocycles. The number of nitrogens with zero attached hydrogens (tertiary/aromatic N) is 4. The zero-order chi connectivity index (χ0) is 34.0. The number of benzene rings is 4. The zero-order valence-corrected chi connectivity index (χ0v) is 29.6. The summed E-state index contributed by atoms with van der Waals surface area (Å²) in [6.07, 6.45) is 1.59. The van der Waals surface area contributed by atoms with Gasteiger partial charge in [-0.1, -0.05) is 43.3 Å². The smallest absolute Gasteiger partial charge is 0.224 e. The van der Waals surface area contributed by atoms with Gasteiger partial charge in [-0.3, -0.25) is 0 Å². The number of methoxy groups -OCH3 is 1. The molecule has 2 aromatic heterocycles. The predicted molar refractivity (Wildman–Crippen MR) is 200 cm³/mol. The fourth-order valence-corrected chi connectivity index (χ4v) is 6.09. The van der Waals surface area contributed by atoms with Crippen molar-refractivity contribution in [2.45, 2.75) is 63.0 Å². The van der Waals surface area contributed by atoms with Crippen molar-refractivity contribution < 1.29 is 9.47 Å². The first-order chi connectivity index (χ1) is 23.2. The highest BCUT2D eigenvalue weighted by atomic mass is 35.5. The predicted octanol–water partition coefficient (Wildman–Crippen LogP) is 9.48. The van der Waals surface area contributed by atoms with E-state index in [1.807, 2.05) is 78.9 Å². The van der Waals surface area contributed by atoms with E-state index >= 15 is 0 Å². The number of rotatable bonds is 11. The SMILES string of the molecule is COc1ccc(SC(C)C(C)Nc2nc(Cl)nc3ccccc23)cc1.Cc1cccc(OC(C)C(C)Nc2ncnc3ccccc23)c1. The van der Waals surface area contributed by atoms with Crippen molar-refractivity contribution in [3.8, 4) is 11.5 Å². The molecule has 6 rings (SSSR count). The molecule has 2 heterocycles. The van der Waals surface area contributed by atoms with E-state index in [1.165, 1.54) is 10.5 Å². The zero-order valence-electron chi connectivity index (χ0n) is 28.0. The van der Waals surface area contributed by atoms with Crippen LogP contribution in [-0.4, -0.2) is 50.5 Å². The van der Waals surface area contributed by atoms with Gasteiger partial charge in [-0.05, 0) is 106 Å². The Balaban J connectivity index is 0.000000188. The maximum Gasteiger partial charge on any atom is 0.224 e. The van der Waals surface area contributed by atoms with Crippen molar-refractivity contribution in [3.05, 3.63) is 114 Å². The summed E-state index contributed by atoms with van der Waals surface area (Å²) < 4.78 is 11.2. The third-order valence-corrected chi connectivity index (χ3v) is 9.44. The maximum absolute atomic E-state index is 6.07. The van der Waals surface area contributed by atoms with Crippen LogP contribution in [0.4, 0.5) is 11.6 Å². The topological polar surface area (TPSA) is 94.1 Å². The Hall–Kier alpha value is -4.60. The van der Waals surface area contributed by atoms with E-state index in [-0.39, 0.29) is 23.5 Å². The van der Waals surface area contributed by atoms with Crippen molar-refractivity contribution in [2.24, 2.45) is 0 Å². The highest BCUT2D eigenvalue weighted by molar-refractivity contribution is 8.00. The maximum atomic E-state index is 6.07. The van der Waals surface area contributed by atoms with Gasteiger partial charge in [0.25, 0.3) is 0 Å². The second-order valence-electron chi connectivity index (χ2n) is 11.6. The standard InChI is InChI=1S/C19H20ClN3OS.C19H21N3O/c1-12(13(2)25-15-10-8-14(24-3)9-11-15)21-18-16-6-4-5-7-17(16)22-19(20)23-18;1-13-7-6-8-16(11-13)23-15(3)14(2)22-19-17-9-4-5-10-18(17)20-12-21-19/h4-13H,1-3H3,(H,21,22,23);4-12,14-15H,1-3H3,(H,20,21,22). The van der Waals surface area contributed by atoms with Gasteiger partial charge in [-0.2, -0.15) is 0 Å². The van der Waals surface area contributed by atoms with Crippen LogP contribution >= 0.6 is 23.4 Å². The average Bonchev–Trinajstić information content (AvgIpc) is 3.09. The number of thioether (sulfide) groups is 1. The molecule has 10 heteroatoms. The Morgan fingerprint density at radius 3 is 2.06 bits per heavy atom. The third kappa shape index (κ3) is 9.27. The minimum atomic E-state index is 0.00512. The van der Waals surface area contributed by atoms with Crippen molar-refractivity contribution in [1.82, 2.24) is 19.9 Å². The van der Waals surface area contributed by atoms with E-state index in [0.717, 1.165) is 44.9 Å². The third-order valence-electron chi connectivity index (χ3n) is 7.95. The van der Waals surface area contributed by atoms with E-state index in [9.17, 15) is 0 Å². The summed E-state index contributed by atoms with van der Waals surface area (Å²) >= 11 is 7.87. The lowest BCUT2D eigenvalue weighted by atomic mass is 10.1. The van der Waals surface area contributed by atoms with Gasteiger partial charge >= 0.3 is 0 Å². The molecule has 0 bridgehead atoms. The molecule has 0 saturated carbocycles. The lowest BCUT2D eigenvalue weighted by Gasteiger charge is -2.23. The van der Waals surface area contributed by atoms with Crippen molar-refractivity contribution in [1.29, 1.82) is 0 Å². The lowest BCUT2D eigenvalue weighted by molar-refractivity contribution is 0.204. The number of fused-ring (bicyclic) bond motifs is 2. The molecule has 4 unspecified atom stereocenters. The number of ether oxygens (including phenoxy) is 2.